The summed E-state index contributed by atoms with van der Waals surface area (Å²) >= 11 is 0. The summed E-state index contributed by atoms with van der Waals surface area (Å²) in [5, 5.41) is 2.58. The average Bonchev–Trinajstić information content (AvgIpc) is 2.40. The fourth-order valence-corrected chi connectivity index (χ4v) is 1.72. The Bertz CT molecular complexity index is 471. The van der Waals surface area contributed by atoms with Crippen molar-refractivity contribution >= 4 is 11.8 Å². The Morgan fingerprint density at radius 2 is 2.00 bits per heavy atom. The SMILES string of the molecule is C=CCN(Cc1ccc(F)cc1)C(=O)CCNC(C)=O. The van der Waals surface area contributed by atoms with E-state index in [1.807, 2.05) is 0 Å². The molecule has 0 fully saturated rings. The molecule has 0 spiro atoms. The van der Waals surface area contributed by atoms with Crippen molar-refractivity contribution in [2.45, 2.75) is 19.9 Å². The van der Waals surface area contributed by atoms with Gasteiger partial charge in [0, 0.05) is 33.0 Å². The predicted octanol–water partition coefficient (Wildman–Crippen LogP) is 1.87. The highest BCUT2D eigenvalue weighted by Gasteiger charge is 2.12. The third-order valence-corrected chi connectivity index (χ3v) is 2.70. The molecule has 0 saturated carbocycles. The van der Waals surface area contributed by atoms with Crippen LogP contribution in [0.1, 0.15) is 18.9 Å². The molecule has 0 radical (unpaired) electrons. The largest absolute Gasteiger partial charge is 0.356 e. The van der Waals surface area contributed by atoms with Gasteiger partial charge >= 0.3 is 0 Å². The van der Waals surface area contributed by atoms with Gasteiger partial charge in [-0.1, -0.05) is 18.2 Å². The highest BCUT2D eigenvalue weighted by atomic mass is 19.1. The van der Waals surface area contributed by atoms with Gasteiger partial charge < -0.3 is 10.2 Å². The van der Waals surface area contributed by atoms with Gasteiger partial charge in [-0.2, -0.15) is 0 Å². The van der Waals surface area contributed by atoms with Crippen molar-refractivity contribution in [2.75, 3.05) is 13.1 Å². The normalized spacial score (nSPS) is 9.90. The molecule has 20 heavy (non-hydrogen) atoms. The number of hydrogen-bond acceptors (Lipinski definition) is 2. The first-order chi connectivity index (χ1) is 9.52. The molecule has 0 heterocycles. The summed E-state index contributed by atoms with van der Waals surface area (Å²) in [6.07, 6.45) is 1.87. The second kappa shape index (κ2) is 8.09. The summed E-state index contributed by atoms with van der Waals surface area (Å²) in [6, 6.07) is 6.02. The lowest BCUT2D eigenvalue weighted by Crippen LogP contribution is -2.33. The molecule has 0 unspecified atom stereocenters. The van der Waals surface area contributed by atoms with Gasteiger partial charge in [-0.3, -0.25) is 9.59 Å². The number of halogens is 1. The number of rotatable bonds is 7. The molecule has 1 N–H and O–H groups in total. The molecule has 0 aliphatic heterocycles. The summed E-state index contributed by atoms with van der Waals surface area (Å²) in [6.45, 7) is 6.15. The molecule has 0 aliphatic rings. The van der Waals surface area contributed by atoms with Gasteiger partial charge in [0.25, 0.3) is 0 Å². The number of benzene rings is 1. The Hall–Kier alpha value is -2.17. The summed E-state index contributed by atoms with van der Waals surface area (Å²) in [5.74, 6) is -0.546. The van der Waals surface area contributed by atoms with Crippen molar-refractivity contribution in [2.24, 2.45) is 0 Å². The molecule has 0 atom stereocenters. The molecule has 0 saturated heterocycles. The summed E-state index contributed by atoms with van der Waals surface area (Å²) in [7, 11) is 0. The van der Waals surface area contributed by atoms with E-state index in [2.05, 4.69) is 11.9 Å². The Morgan fingerprint density at radius 3 is 2.55 bits per heavy atom. The minimum atomic E-state index is -0.305. The number of carbonyl (C=O) groups excluding carboxylic acids is 2. The van der Waals surface area contributed by atoms with Gasteiger partial charge in [-0.15, -0.1) is 6.58 Å². The van der Waals surface area contributed by atoms with Gasteiger partial charge in [-0.25, -0.2) is 4.39 Å². The van der Waals surface area contributed by atoms with E-state index < -0.39 is 0 Å². The van der Waals surface area contributed by atoms with Crippen LogP contribution in [0, 0.1) is 5.82 Å². The van der Waals surface area contributed by atoms with Crippen LogP contribution in [0.5, 0.6) is 0 Å². The summed E-state index contributed by atoms with van der Waals surface area (Å²) in [5.41, 5.74) is 0.848. The van der Waals surface area contributed by atoms with Crippen LogP contribution in [0.15, 0.2) is 36.9 Å². The molecular weight excluding hydrogens is 259 g/mol. The number of nitrogens with one attached hydrogen (secondary N) is 1. The van der Waals surface area contributed by atoms with Crippen molar-refractivity contribution in [1.82, 2.24) is 10.2 Å². The molecule has 1 aromatic carbocycles. The molecule has 2 amide bonds. The van der Waals surface area contributed by atoms with Crippen molar-refractivity contribution in [3.63, 3.8) is 0 Å². The maximum absolute atomic E-state index is 12.8. The maximum Gasteiger partial charge on any atom is 0.224 e. The molecule has 5 heteroatoms. The standard InChI is InChI=1S/C15H19FN2O2/c1-3-10-18(15(20)8-9-17-12(2)19)11-13-4-6-14(16)7-5-13/h3-7H,1,8-11H2,2H3,(H,17,19). The van der Waals surface area contributed by atoms with E-state index >= 15 is 0 Å². The lowest BCUT2D eigenvalue weighted by Gasteiger charge is -2.21. The van der Waals surface area contributed by atoms with Gasteiger partial charge in [0.05, 0.1) is 0 Å². The van der Waals surface area contributed by atoms with Crippen LogP contribution in [-0.2, 0) is 16.1 Å². The Morgan fingerprint density at radius 1 is 1.35 bits per heavy atom. The molecule has 1 aromatic rings. The Labute approximate surface area is 118 Å². The zero-order valence-electron chi connectivity index (χ0n) is 11.6. The van der Waals surface area contributed by atoms with Crippen LogP contribution >= 0.6 is 0 Å². The van der Waals surface area contributed by atoms with Crippen molar-refractivity contribution in [3.8, 4) is 0 Å². The topological polar surface area (TPSA) is 49.4 Å². The van der Waals surface area contributed by atoms with Gasteiger partial charge in [0.1, 0.15) is 5.82 Å². The van der Waals surface area contributed by atoms with Gasteiger partial charge in [-0.05, 0) is 17.7 Å². The minimum absolute atomic E-state index is 0.0806. The first-order valence-electron chi connectivity index (χ1n) is 6.40. The van der Waals surface area contributed by atoms with E-state index in [9.17, 15) is 14.0 Å². The minimum Gasteiger partial charge on any atom is -0.356 e. The van der Waals surface area contributed by atoms with E-state index in [0.717, 1.165) is 5.56 Å². The lowest BCUT2D eigenvalue weighted by molar-refractivity contribution is -0.131. The maximum atomic E-state index is 12.8. The van der Waals surface area contributed by atoms with Crippen LogP contribution in [-0.4, -0.2) is 29.8 Å². The Balaban J connectivity index is 2.58. The van der Waals surface area contributed by atoms with E-state index in [0.29, 0.717) is 19.6 Å². The predicted molar refractivity (Wildman–Crippen MR) is 75.3 cm³/mol. The number of amides is 2. The quantitative estimate of drug-likeness (QED) is 0.774. The highest BCUT2D eigenvalue weighted by molar-refractivity contribution is 5.78. The smallest absolute Gasteiger partial charge is 0.224 e. The lowest BCUT2D eigenvalue weighted by atomic mass is 10.2. The van der Waals surface area contributed by atoms with Crippen LogP contribution in [0.25, 0.3) is 0 Å². The fourth-order valence-electron chi connectivity index (χ4n) is 1.72. The van der Waals surface area contributed by atoms with E-state index in [-0.39, 0.29) is 24.1 Å². The first kappa shape index (κ1) is 15.9. The van der Waals surface area contributed by atoms with Crippen LogP contribution in [0.4, 0.5) is 4.39 Å². The molecule has 1 rings (SSSR count). The second-order valence-electron chi connectivity index (χ2n) is 4.42. The summed E-state index contributed by atoms with van der Waals surface area (Å²) < 4.78 is 12.8. The number of carbonyl (C=O) groups is 2. The molecule has 0 aliphatic carbocycles. The monoisotopic (exact) mass is 278 g/mol. The Kier molecular flexibility index (Phi) is 6.43. The molecule has 4 nitrogen and oxygen atoms in total. The highest BCUT2D eigenvalue weighted by Crippen LogP contribution is 2.08. The zero-order valence-corrected chi connectivity index (χ0v) is 11.6. The number of hydrogen-bond donors (Lipinski definition) is 1. The third kappa shape index (κ3) is 5.65. The van der Waals surface area contributed by atoms with Gasteiger partial charge in [0.2, 0.25) is 11.8 Å². The van der Waals surface area contributed by atoms with E-state index in [4.69, 9.17) is 0 Å². The second-order valence-corrected chi connectivity index (χ2v) is 4.42. The third-order valence-electron chi connectivity index (χ3n) is 2.70. The fraction of sp³-hybridized carbons (Fsp3) is 0.333. The molecule has 0 bridgehead atoms. The summed E-state index contributed by atoms with van der Waals surface area (Å²) in [4.78, 5) is 24.4. The van der Waals surface area contributed by atoms with Gasteiger partial charge in [0.15, 0.2) is 0 Å². The number of nitrogens with zero attached hydrogens (tertiary/aromatic N) is 1. The van der Waals surface area contributed by atoms with Crippen molar-refractivity contribution in [3.05, 3.63) is 48.3 Å². The van der Waals surface area contributed by atoms with E-state index in [1.165, 1.54) is 19.1 Å². The first-order valence-corrected chi connectivity index (χ1v) is 6.40. The average molecular weight is 278 g/mol. The van der Waals surface area contributed by atoms with Crippen molar-refractivity contribution < 1.29 is 14.0 Å². The molecular formula is C15H19FN2O2. The molecule has 108 valence electrons. The van der Waals surface area contributed by atoms with Crippen LogP contribution in [0.3, 0.4) is 0 Å². The van der Waals surface area contributed by atoms with Crippen LogP contribution in [0.2, 0.25) is 0 Å². The van der Waals surface area contributed by atoms with E-state index in [1.54, 1.807) is 23.1 Å². The molecule has 0 aromatic heterocycles. The van der Waals surface area contributed by atoms with Crippen molar-refractivity contribution in [1.29, 1.82) is 0 Å². The zero-order chi connectivity index (χ0) is 15.0. The van der Waals surface area contributed by atoms with Crippen LogP contribution < -0.4 is 5.32 Å².